The third-order valence-electron chi connectivity index (χ3n) is 3.97. The highest BCUT2D eigenvalue weighted by Crippen LogP contribution is 2.21. The van der Waals surface area contributed by atoms with Crippen molar-refractivity contribution >= 4 is 0 Å². The van der Waals surface area contributed by atoms with E-state index in [-0.39, 0.29) is 0 Å². The van der Waals surface area contributed by atoms with Gasteiger partial charge in [-0.2, -0.15) is 0 Å². The Morgan fingerprint density at radius 1 is 1.22 bits per heavy atom. The van der Waals surface area contributed by atoms with Crippen LogP contribution in [-0.2, 0) is 9.47 Å². The van der Waals surface area contributed by atoms with Gasteiger partial charge < -0.3 is 14.8 Å². The van der Waals surface area contributed by atoms with Crippen LogP contribution in [0.3, 0.4) is 0 Å². The molecule has 0 amide bonds. The number of nitrogens with zero attached hydrogens (tertiary/aromatic N) is 1. The van der Waals surface area contributed by atoms with Crippen LogP contribution in [0.15, 0.2) is 0 Å². The predicted octanol–water partition coefficient (Wildman–Crippen LogP) is 1.25. The van der Waals surface area contributed by atoms with E-state index in [1.165, 1.54) is 19.3 Å². The molecule has 106 valence electrons. The van der Waals surface area contributed by atoms with Gasteiger partial charge in [-0.1, -0.05) is 13.8 Å². The molecule has 2 rings (SSSR count). The van der Waals surface area contributed by atoms with Crippen molar-refractivity contribution in [2.75, 3.05) is 33.4 Å². The van der Waals surface area contributed by atoms with Gasteiger partial charge in [0.25, 0.3) is 0 Å². The molecular weight excluding hydrogens is 228 g/mol. The van der Waals surface area contributed by atoms with E-state index in [1.807, 2.05) is 0 Å². The van der Waals surface area contributed by atoms with Crippen molar-refractivity contribution < 1.29 is 9.47 Å². The van der Waals surface area contributed by atoms with Crippen molar-refractivity contribution in [3.8, 4) is 0 Å². The van der Waals surface area contributed by atoms with Crippen molar-refractivity contribution in [2.45, 2.75) is 57.4 Å². The zero-order valence-corrected chi connectivity index (χ0v) is 12.0. The predicted molar refractivity (Wildman–Crippen MR) is 72.9 cm³/mol. The summed E-state index contributed by atoms with van der Waals surface area (Å²) < 4.78 is 11.5. The third-order valence-corrected chi connectivity index (χ3v) is 3.97. The maximum absolute atomic E-state index is 6.10. The molecule has 3 unspecified atom stereocenters. The van der Waals surface area contributed by atoms with Crippen LogP contribution in [0.1, 0.15) is 33.1 Å². The van der Waals surface area contributed by atoms with Crippen molar-refractivity contribution in [2.24, 2.45) is 0 Å². The monoisotopic (exact) mass is 256 g/mol. The average molecular weight is 256 g/mol. The van der Waals surface area contributed by atoms with E-state index in [9.17, 15) is 0 Å². The second kappa shape index (κ2) is 6.85. The zero-order valence-electron chi connectivity index (χ0n) is 12.0. The maximum Gasteiger partial charge on any atom is 0.0707 e. The molecule has 0 spiro atoms. The summed E-state index contributed by atoms with van der Waals surface area (Å²) >= 11 is 0. The van der Waals surface area contributed by atoms with Gasteiger partial charge in [-0.05, 0) is 26.3 Å². The molecule has 0 saturated carbocycles. The van der Waals surface area contributed by atoms with Gasteiger partial charge in [0.1, 0.15) is 0 Å². The zero-order chi connectivity index (χ0) is 13.0. The van der Waals surface area contributed by atoms with Crippen LogP contribution in [0.4, 0.5) is 0 Å². The smallest absolute Gasteiger partial charge is 0.0707 e. The standard InChI is InChI=1S/C14H28N2O2/c1-11(2)15-8-13-4-5-14(18-13)9-16(3)12-6-7-17-10-12/h11-15H,4-10H2,1-3H3. The van der Waals surface area contributed by atoms with Crippen LogP contribution >= 0.6 is 0 Å². The van der Waals surface area contributed by atoms with Gasteiger partial charge in [-0.25, -0.2) is 0 Å². The van der Waals surface area contributed by atoms with Gasteiger partial charge in [0, 0.05) is 31.8 Å². The fourth-order valence-electron chi connectivity index (χ4n) is 2.77. The first-order valence-corrected chi connectivity index (χ1v) is 7.32. The summed E-state index contributed by atoms with van der Waals surface area (Å²) in [6.07, 6.45) is 4.38. The third kappa shape index (κ3) is 4.19. The molecule has 0 aromatic rings. The normalized spacial score (nSPS) is 32.8. The molecule has 2 fully saturated rings. The number of nitrogens with one attached hydrogen (secondary N) is 1. The lowest BCUT2D eigenvalue weighted by molar-refractivity contribution is 0.0188. The number of hydrogen-bond donors (Lipinski definition) is 1. The summed E-state index contributed by atoms with van der Waals surface area (Å²) in [7, 11) is 2.20. The number of rotatable bonds is 6. The minimum Gasteiger partial charge on any atom is -0.380 e. The molecule has 0 radical (unpaired) electrons. The summed E-state index contributed by atoms with van der Waals surface area (Å²) in [4.78, 5) is 2.41. The van der Waals surface area contributed by atoms with Gasteiger partial charge in [0.05, 0.1) is 18.8 Å². The summed E-state index contributed by atoms with van der Waals surface area (Å²) in [5.41, 5.74) is 0. The number of ether oxygens (including phenoxy) is 2. The first-order chi connectivity index (χ1) is 8.65. The number of likely N-dealkylation sites (N-methyl/N-ethyl adjacent to an activating group) is 1. The first-order valence-electron chi connectivity index (χ1n) is 7.32. The van der Waals surface area contributed by atoms with Crippen molar-refractivity contribution in [1.82, 2.24) is 10.2 Å². The SMILES string of the molecule is CC(C)NCC1CCC(CN(C)C2CCOC2)O1. The number of hydrogen-bond acceptors (Lipinski definition) is 4. The highest BCUT2D eigenvalue weighted by molar-refractivity contribution is 4.81. The molecule has 2 saturated heterocycles. The van der Waals surface area contributed by atoms with Crippen LogP contribution in [0, 0.1) is 0 Å². The molecule has 2 aliphatic rings. The molecule has 18 heavy (non-hydrogen) atoms. The highest BCUT2D eigenvalue weighted by Gasteiger charge is 2.28. The highest BCUT2D eigenvalue weighted by atomic mass is 16.5. The van der Waals surface area contributed by atoms with E-state index in [0.29, 0.717) is 24.3 Å². The van der Waals surface area contributed by atoms with Gasteiger partial charge >= 0.3 is 0 Å². The molecule has 0 aromatic heterocycles. The van der Waals surface area contributed by atoms with Crippen LogP contribution in [0.2, 0.25) is 0 Å². The largest absolute Gasteiger partial charge is 0.380 e. The van der Waals surface area contributed by atoms with Crippen LogP contribution < -0.4 is 5.32 Å². The van der Waals surface area contributed by atoms with Crippen molar-refractivity contribution in [1.29, 1.82) is 0 Å². The maximum atomic E-state index is 6.10. The molecule has 4 heteroatoms. The van der Waals surface area contributed by atoms with E-state index in [2.05, 4.69) is 31.1 Å². The molecule has 0 bridgehead atoms. The van der Waals surface area contributed by atoms with E-state index in [4.69, 9.17) is 9.47 Å². The van der Waals surface area contributed by atoms with Crippen LogP contribution in [-0.4, -0.2) is 62.5 Å². The molecule has 0 aromatic carbocycles. The fraction of sp³-hybridized carbons (Fsp3) is 1.00. The van der Waals surface area contributed by atoms with Crippen molar-refractivity contribution in [3.63, 3.8) is 0 Å². The Kier molecular flexibility index (Phi) is 5.42. The molecule has 0 aliphatic carbocycles. The fourth-order valence-corrected chi connectivity index (χ4v) is 2.77. The Morgan fingerprint density at radius 2 is 2.00 bits per heavy atom. The Labute approximate surface area is 111 Å². The molecule has 2 aliphatic heterocycles. The minimum atomic E-state index is 0.408. The Balaban J connectivity index is 1.65. The first kappa shape index (κ1) is 14.3. The van der Waals surface area contributed by atoms with E-state index < -0.39 is 0 Å². The molecular formula is C14H28N2O2. The lowest BCUT2D eigenvalue weighted by atomic mass is 10.1. The van der Waals surface area contributed by atoms with Crippen LogP contribution in [0.25, 0.3) is 0 Å². The van der Waals surface area contributed by atoms with Gasteiger partial charge in [-0.15, -0.1) is 0 Å². The summed E-state index contributed by atoms with van der Waals surface area (Å²) in [5.74, 6) is 0. The topological polar surface area (TPSA) is 33.7 Å². The lowest BCUT2D eigenvalue weighted by Gasteiger charge is -2.26. The second-order valence-electron chi connectivity index (χ2n) is 5.98. The Bertz CT molecular complexity index is 242. The van der Waals surface area contributed by atoms with E-state index in [1.54, 1.807) is 0 Å². The van der Waals surface area contributed by atoms with E-state index >= 15 is 0 Å². The second-order valence-corrected chi connectivity index (χ2v) is 5.98. The van der Waals surface area contributed by atoms with E-state index in [0.717, 1.165) is 26.3 Å². The molecule has 2 heterocycles. The van der Waals surface area contributed by atoms with Gasteiger partial charge in [-0.3, -0.25) is 4.90 Å². The van der Waals surface area contributed by atoms with Gasteiger partial charge in [0.15, 0.2) is 0 Å². The lowest BCUT2D eigenvalue weighted by Crippen LogP contribution is -2.38. The summed E-state index contributed by atoms with van der Waals surface area (Å²) in [5, 5.41) is 3.46. The molecule has 1 N–H and O–H groups in total. The van der Waals surface area contributed by atoms with Gasteiger partial charge in [0.2, 0.25) is 0 Å². The molecule has 4 nitrogen and oxygen atoms in total. The minimum absolute atomic E-state index is 0.408. The van der Waals surface area contributed by atoms with Crippen molar-refractivity contribution in [3.05, 3.63) is 0 Å². The van der Waals surface area contributed by atoms with Crippen LogP contribution in [0.5, 0.6) is 0 Å². The quantitative estimate of drug-likeness (QED) is 0.775. The molecule has 3 atom stereocenters. The average Bonchev–Trinajstić information content (AvgIpc) is 2.97. The Morgan fingerprint density at radius 3 is 2.67 bits per heavy atom. The summed E-state index contributed by atoms with van der Waals surface area (Å²) in [6, 6.07) is 1.15. The Hall–Kier alpha value is -0.160. The summed E-state index contributed by atoms with van der Waals surface area (Å²) in [6.45, 7) is 8.21.